The Morgan fingerprint density at radius 2 is 2.00 bits per heavy atom. The van der Waals surface area contributed by atoms with Crippen LogP contribution in [0.2, 0.25) is 0 Å². The van der Waals surface area contributed by atoms with Crippen molar-refractivity contribution in [3.05, 3.63) is 0 Å². The maximum Gasteiger partial charge on any atom is 0.193 e. The van der Waals surface area contributed by atoms with Crippen LogP contribution < -0.4 is 5.32 Å². The lowest BCUT2D eigenvalue weighted by Crippen LogP contribution is -2.41. The number of unbranched alkanes of at least 4 members (excludes halogenated alkanes) is 2. The van der Waals surface area contributed by atoms with Gasteiger partial charge in [-0.25, -0.2) is 0 Å². The van der Waals surface area contributed by atoms with E-state index in [-0.39, 0.29) is 24.0 Å². The summed E-state index contributed by atoms with van der Waals surface area (Å²) in [6.07, 6.45) is 9.21. The molecule has 0 aromatic heterocycles. The van der Waals surface area contributed by atoms with Gasteiger partial charge in [-0.05, 0) is 58.7 Å². The van der Waals surface area contributed by atoms with Gasteiger partial charge in [0.15, 0.2) is 5.96 Å². The van der Waals surface area contributed by atoms with Crippen LogP contribution in [-0.2, 0) is 4.74 Å². The molecule has 1 N–H and O–H groups in total. The third-order valence-electron chi connectivity index (χ3n) is 5.10. The SMILES string of the molecule is CCNC(=NCCCCCN1CCCCC1)N(C)CC1CCOC1.I. The van der Waals surface area contributed by atoms with Gasteiger partial charge in [-0.1, -0.05) is 12.8 Å². The number of piperidine rings is 1. The van der Waals surface area contributed by atoms with Crippen LogP contribution in [0.1, 0.15) is 51.9 Å². The third-order valence-corrected chi connectivity index (χ3v) is 5.10. The molecule has 2 heterocycles. The molecule has 0 radical (unpaired) electrons. The molecule has 2 aliphatic heterocycles. The largest absolute Gasteiger partial charge is 0.381 e. The van der Waals surface area contributed by atoms with E-state index in [0.717, 1.165) is 38.8 Å². The zero-order valence-corrected chi connectivity index (χ0v) is 18.7. The Bertz CT molecular complexity index is 355. The summed E-state index contributed by atoms with van der Waals surface area (Å²) in [5.41, 5.74) is 0. The first-order valence-electron chi connectivity index (χ1n) is 10.1. The normalized spacial score (nSPS) is 21.8. The predicted octanol–water partition coefficient (Wildman–Crippen LogP) is 3.19. The molecular weight excluding hydrogens is 427 g/mol. The third kappa shape index (κ3) is 9.43. The van der Waals surface area contributed by atoms with Crippen molar-refractivity contribution in [2.45, 2.75) is 51.9 Å². The minimum Gasteiger partial charge on any atom is -0.381 e. The summed E-state index contributed by atoms with van der Waals surface area (Å²) in [5.74, 6) is 1.71. The zero-order valence-electron chi connectivity index (χ0n) is 16.3. The topological polar surface area (TPSA) is 40.1 Å². The van der Waals surface area contributed by atoms with Crippen molar-refractivity contribution in [2.75, 3.05) is 59.5 Å². The number of ether oxygens (including phenoxy) is 1. The number of rotatable bonds is 9. The van der Waals surface area contributed by atoms with Gasteiger partial charge in [0, 0.05) is 39.2 Å². The Morgan fingerprint density at radius 3 is 2.68 bits per heavy atom. The van der Waals surface area contributed by atoms with Crippen LogP contribution in [0, 0.1) is 5.92 Å². The monoisotopic (exact) mass is 466 g/mol. The first-order chi connectivity index (χ1) is 11.8. The van der Waals surface area contributed by atoms with Crippen LogP contribution in [0.5, 0.6) is 0 Å². The second kappa shape index (κ2) is 14.0. The number of likely N-dealkylation sites (tertiary alicyclic amines) is 1. The fraction of sp³-hybridized carbons (Fsp3) is 0.947. The molecule has 0 saturated carbocycles. The van der Waals surface area contributed by atoms with E-state index in [1.54, 1.807) is 0 Å². The summed E-state index contributed by atoms with van der Waals surface area (Å²) in [5, 5.41) is 3.43. The average molecular weight is 466 g/mol. The Hall–Kier alpha value is -0.0800. The van der Waals surface area contributed by atoms with E-state index < -0.39 is 0 Å². The van der Waals surface area contributed by atoms with Gasteiger partial charge in [0.05, 0.1) is 6.61 Å². The van der Waals surface area contributed by atoms with Gasteiger partial charge in [-0.2, -0.15) is 0 Å². The summed E-state index contributed by atoms with van der Waals surface area (Å²) < 4.78 is 5.48. The van der Waals surface area contributed by atoms with Crippen molar-refractivity contribution in [1.82, 2.24) is 15.1 Å². The van der Waals surface area contributed by atoms with E-state index in [1.165, 1.54) is 64.6 Å². The molecule has 0 aromatic rings. The number of aliphatic imine (C=N–C) groups is 1. The summed E-state index contributed by atoms with van der Waals surface area (Å²) >= 11 is 0. The maximum atomic E-state index is 5.48. The smallest absolute Gasteiger partial charge is 0.193 e. The van der Waals surface area contributed by atoms with Gasteiger partial charge in [0.1, 0.15) is 0 Å². The molecule has 6 heteroatoms. The van der Waals surface area contributed by atoms with Gasteiger partial charge in [-0.3, -0.25) is 4.99 Å². The molecule has 1 atom stereocenters. The van der Waals surface area contributed by atoms with Gasteiger partial charge in [0.25, 0.3) is 0 Å². The van der Waals surface area contributed by atoms with E-state index in [9.17, 15) is 0 Å². The Morgan fingerprint density at radius 1 is 1.20 bits per heavy atom. The van der Waals surface area contributed by atoms with E-state index in [2.05, 4.69) is 29.1 Å². The molecule has 0 spiro atoms. The highest BCUT2D eigenvalue weighted by Gasteiger charge is 2.18. The van der Waals surface area contributed by atoms with Gasteiger partial charge < -0.3 is 19.9 Å². The lowest BCUT2D eigenvalue weighted by Gasteiger charge is -2.26. The Kier molecular flexibility index (Phi) is 12.9. The highest BCUT2D eigenvalue weighted by molar-refractivity contribution is 14.0. The predicted molar refractivity (Wildman–Crippen MR) is 117 cm³/mol. The van der Waals surface area contributed by atoms with Gasteiger partial charge in [0.2, 0.25) is 0 Å². The van der Waals surface area contributed by atoms with Crippen LogP contribution in [0.3, 0.4) is 0 Å². The minimum atomic E-state index is 0. The van der Waals surface area contributed by atoms with Gasteiger partial charge >= 0.3 is 0 Å². The number of hydrogen-bond donors (Lipinski definition) is 1. The zero-order chi connectivity index (χ0) is 17.0. The average Bonchev–Trinajstić information content (AvgIpc) is 3.10. The molecule has 2 rings (SSSR count). The van der Waals surface area contributed by atoms with Crippen molar-refractivity contribution >= 4 is 29.9 Å². The van der Waals surface area contributed by atoms with Crippen molar-refractivity contribution in [3.63, 3.8) is 0 Å². The summed E-state index contributed by atoms with van der Waals surface area (Å²) in [4.78, 5) is 9.72. The lowest BCUT2D eigenvalue weighted by molar-refractivity contribution is 0.181. The lowest BCUT2D eigenvalue weighted by atomic mass is 10.1. The Labute approximate surface area is 172 Å². The second-order valence-corrected chi connectivity index (χ2v) is 7.31. The van der Waals surface area contributed by atoms with Gasteiger partial charge in [-0.15, -0.1) is 24.0 Å². The molecule has 25 heavy (non-hydrogen) atoms. The number of hydrogen-bond acceptors (Lipinski definition) is 3. The van der Waals surface area contributed by atoms with E-state index in [1.807, 2.05) is 0 Å². The van der Waals surface area contributed by atoms with Crippen molar-refractivity contribution in [2.24, 2.45) is 10.9 Å². The molecule has 1 unspecified atom stereocenters. The molecule has 0 amide bonds. The molecule has 148 valence electrons. The van der Waals surface area contributed by atoms with Crippen LogP contribution in [0.25, 0.3) is 0 Å². The molecule has 0 aromatic carbocycles. The first kappa shape index (κ1) is 23.0. The molecule has 0 bridgehead atoms. The van der Waals surface area contributed by atoms with Crippen LogP contribution >= 0.6 is 24.0 Å². The summed E-state index contributed by atoms with van der Waals surface area (Å²) in [7, 11) is 2.15. The highest BCUT2D eigenvalue weighted by atomic mass is 127. The summed E-state index contributed by atoms with van der Waals surface area (Å²) in [6.45, 7) is 10.8. The molecular formula is C19H39IN4O. The quantitative estimate of drug-likeness (QED) is 0.245. The standard InChI is InChI=1S/C19H38N4O.HI/c1-3-20-19(22(2)16-18-10-15-24-17-18)21-11-6-4-7-12-23-13-8-5-9-14-23;/h18H,3-17H2,1-2H3,(H,20,21);1H. The van der Waals surface area contributed by atoms with Crippen molar-refractivity contribution < 1.29 is 4.74 Å². The fourth-order valence-electron chi connectivity index (χ4n) is 3.66. The Balaban J connectivity index is 0.00000312. The van der Waals surface area contributed by atoms with Crippen molar-refractivity contribution in [1.29, 1.82) is 0 Å². The number of nitrogens with one attached hydrogen (secondary N) is 1. The van der Waals surface area contributed by atoms with Crippen LogP contribution in [0.4, 0.5) is 0 Å². The fourth-order valence-corrected chi connectivity index (χ4v) is 3.66. The molecule has 2 fully saturated rings. The first-order valence-corrected chi connectivity index (χ1v) is 10.1. The van der Waals surface area contributed by atoms with E-state index >= 15 is 0 Å². The van der Waals surface area contributed by atoms with E-state index in [4.69, 9.17) is 9.73 Å². The molecule has 2 saturated heterocycles. The highest BCUT2D eigenvalue weighted by Crippen LogP contribution is 2.13. The van der Waals surface area contributed by atoms with E-state index in [0.29, 0.717) is 5.92 Å². The second-order valence-electron chi connectivity index (χ2n) is 7.31. The molecule has 5 nitrogen and oxygen atoms in total. The number of halogens is 1. The van der Waals surface area contributed by atoms with Crippen LogP contribution in [0.15, 0.2) is 4.99 Å². The van der Waals surface area contributed by atoms with Crippen molar-refractivity contribution in [3.8, 4) is 0 Å². The number of nitrogens with zero attached hydrogens (tertiary/aromatic N) is 3. The van der Waals surface area contributed by atoms with Crippen LogP contribution in [-0.4, -0.2) is 75.3 Å². The minimum absolute atomic E-state index is 0. The number of guanidine groups is 1. The molecule has 0 aliphatic carbocycles. The molecule has 2 aliphatic rings. The summed E-state index contributed by atoms with van der Waals surface area (Å²) in [6, 6.07) is 0. The maximum absolute atomic E-state index is 5.48.